The van der Waals surface area contributed by atoms with E-state index >= 15 is 0 Å². The molecule has 1 heterocycles. The molecular weight excluding hydrogens is 198 g/mol. The summed E-state index contributed by atoms with van der Waals surface area (Å²) in [4.78, 5) is 10.4. The standard InChI is InChI=1S/C9H15N3O3/c1-6(2)12-7(4-5-8(13)14)10-11-9(12)15-3/h6H,4-5H2,1-3H3,(H,13,14). The molecule has 1 N–H and O–H groups in total. The largest absolute Gasteiger partial charge is 0.481 e. The maximum absolute atomic E-state index is 10.4. The zero-order valence-electron chi connectivity index (χ0n) is 9.10. The van der Waals surface area contributed by atoms with E-state index in [9.17, 15) is 4.79 Å². The molecule has 0 aromatic carbocycles. The summed E-state index contributed by atoms with van der Waals surface area (Å²) in [5, 5.41) is 16.3. The molecule has 0 fully saturated rings. The van der Waals surface area contributed by atoms with Crippen molar-refractivity contribution in [3.8, 4) is 6.01 Å². The molecule has 6 nitrogen and oxygen atoms in total. The molecule has 0 spiro atoms. The number of carboxylic acids is 1. The summed E-state index contributed by atoms with van der Waals surface area (Å²) in [7, 11) is 1.52. The number of rotatable bonds is 5. The maximum atomic E-state index is 10.4. The lowest BCUT2D eigenvalue weighted by Crippen LogP contribution is -2.10. The first-order chi connectivity index (χ1) is 7.06. The Labute approximate surface area is 87.9 Å². The Morgan fingerprint density at radius 3 is 2.67 bits per heavy atom. The molecule has 0 atom stereocenters. The van der Waals surface area contributed by atoms with Gasteiger partial charge in [0.05, 0.1) is 13.5 Å². The van der Waals surface area contributed by atoms with Gasteiger partial charge in [0.25, 0.3) is 0 Å². The first-order valence-corrected chi connectivity index (χ1v) is 4.75. The Morgan fingerprint density at radius 2 is 2.20 bits per heavy atom. The van der Waals surface area contributed by atoms with Gasteiger partial charge in [-0.15, -0.1) is 5.10 Å². The molecule has 0 radical (unpaired) electrons. The third kappa shape index (κ3) is 2.68. The van der Waals surface area contributed by atoms with Crippen molar-refractivity contribution in [3.63, 3.8) is 0 Å². The second-order valence-electron chi connectivity index (χ2n) is 3.46. The zero-order chi connectivity index (χ0) is 11.4. The highest BCUT2D eigenvalue weighted by molar-refractivity contribution is 5.66. The lowest BCUT2D eigenvalue weighted by molar-refractivity contribution is -0.137. The van der Waals surface area contributed by atoms with Gasteiger partial charge >= 0.3 is 12.0 Å². The molecule has 0 aliphatic rings. The van der Waals surface area contributed by atoms with Crippen LogP contribution in [0.1, 0.15) is 32.1 Å². The second-order valence-corrected chi connectivity index (χ2v) is 3.46. The van der Waals surface area contributed by atoms with E-state index in [4.69, 9.17) is 9.84 Å². The quantitative estimate of drug-likeness (QED) is 0.785. The molecular formula is C9H15N3O3. The molecule has 15 heavy (non-hydrogen) atoms. The van der Waals surface area contributed by atoms with Gasteiger partial charge in [-0.25, -0.2) is 0 Å². The van der Waals surface area contributed by atoms with Gasteiger partial charge in [-0.3, -0.25) is 9.36 Å². The van der Waals surface area contributed by atoms with Crippen LogP contribution in [0.5, 0.6) is 6.01 Å². The highest BCUT2D eigenvalue weighted by atomic mass is 16.5. The minimum Gasteiger partial charge on any atom is -0.481 e. The Bertz CT molecular complexity index is 346. The van der Waals surface area contributed by atoms with E-state index in [0.29, 0.717) is 18.3 Å². The van der Waals surface area contributed by atoms with Gasteiger partial charge in [0, 0.05) is 12.5 Å². The number of nitrogens with zero attached hydrogens (tertiary/aromatic N) is 3. The molecule has 84 valence electrons. The molecule has 0 bridgehead atoms. The number of aryl methyl sites for hydroxylation is 1. The van der Waals surface area contributed by atoms with Crippen LogP contribution >= 0.6 is 0 Å². The first kappa shape index (κ1) is 11.5. The Balaban J connectivity index is 2.87. The summed E-state index contributed by atoms with van der Waals surface area (Å²) in [6, 6.07) is 0.573. The predicted octanol–water partition coefficient (Wildman–Crippen LogP) is 0.885. The Hall–Kier alpha value is -1.59. The molecule has 0 saturated carbocycles. The third-order valence-electron chi connectivity index (χ3n) is 2.00. The smallest absolute Gasteiger partial charge is 0.316 e. The monoisotopic (exact) mass is 213 g/mol. The van der Waals surface area contributed by atoms with Crippen molar-refractivity contribution in [1.82, 2.24) is 14.8 Å². The SMILES string of the molecule is COc1nnc(CCC(=O)O)n1C(C)C. The van der Waals surface area contributed by atoms with Gasteiger partial charge in [0.2, 0.25) is 0 Å². The number of carbonyl (C=O) groups is 1. The number of carboxylic acid groups (broad SMARTS) is 1. The summed E-state index contributed by atoms with van der Waals surface area (Å²) < 4.78 is 6.83. The molecule has 0 unspecified atom stereocenters. The summed E-state index contributed by atoms with van der Waals surface area (Å²) >= 11 is 0. The summed E-state index contributed by atoms with van der Waals surface area (Å²) in [6.45, 7) is 3.94. The van der Waals surface area contributed by atoms with Crippen LogP contribution in [0.3, 0.4) is 0 Å². The number of aromatic nitrogens is 3. The van der Waals surface area contributed by atoms with Crippen molar-refractivity contribution in [3.05, 3.63) is 5.82 Å². The molecule has 0 amide bonds. The van der Waals surface area contributed by atoms with E-state index in [1.807, 2.05) is 13.8 Å². The average molecular weight is 213 g/mol. The zero-order valence-corrected chi connectivity index (χ0v) is 9.10. The third-order valence-corrected chi connectivity index (χ3v) is 2.00. The van der Waals surface area contributed by atoms with Crippen LogP contribution in [0.25, 0.3) is 0 Å². The first-order valence-electron chi connectivity index (χ1n) is 4.75. The predicted molar refractivity (Wildman–Crippen MR) is 52.9 cm³/mol. The van der Waals surface area contributed by atoms with Gasteiger partial charge in [0.1, 0.15) is 5.82 Å². The van der Waals surface area contributed by atoms with Crippen LogP contribution in [-0.4, -0.2) is 33.0 Å². The molecule has 0 aliphatic heterocycles. The van der Waals surface area contributed by atoms with Crippen LogP contribution < -0.4 is 4.74 Å². The Kier molecular flexibility index (Phi) is 3.65. The van der Waals surface area contributed by atoms with Crippen molar-refractivity contribution in [2.24, 2.45) is 0 Å². The van der Waals surface area contributed by atoms with E-state index in [1.165, 1.54) is 7.11 Å². The lowest BCUT2D eigenvalue weighted by atomic mass is 10.3. The maximum Gasteiger partial charge on any atom is 0.316 e. The van der Waals surface area contributed by atoms with Crippen molar-refractivity contribution in [2.75, 3.05) is 7.11 Å². The molecule has 1 aromatic heterocycles. The van der Waals surface area contributed by atoms with Gasteiger partial charge in [-0.1, -0.05) is 5.10 Å². The van der Waals surface area contributed by atoms with Crippen LogP contribution in [0, 0.1) is 0 Å². The van der Waals surface area contributed by atoms with Gasteiger partial charge in [-0.2, -0.15) is 0 Å². The van der Waals surface area contributed by atoms with E-state index < -0.39 is 5.97 Å². The molecule has 6 heteroatoms. The average Bonchev–Trinajstić information content (AvgIpc) is 2.57. The van der Waals surface area contributed by atoms with Gasteiger partial charge in [-0.05, 0) is 13.8 Å². The molecule has 0 aliphatic carbocycles. The van der Waals surface area contributed by atoms with E-state index in [2.05, 4.69) is 10.2 Å². The highest BCUT2D eigenvalue weighted by Gasteiger charge is 2.15. The number of hydrogen-bond acceptors (Lipinski definition) is 4. The van der Waals surface area contributed by atoms with Gasteiger partial charge < -0.3 is 9.84 Å². The highest BCUT2D eigenvalue weighted by Crippen LogP contribution is 2.17. The van der Waals surface area contributed by atoms with Crippen LogP contribution in [0.2, 0.25) is 0 Å². The fourth-order valence-electron chi connectivity index (χ4n) is 1.35. The summed E-state index contributed by atoms with van der Waals surface area (Å²) in [5.41, 5.74) is 0. The van der Waals surface area contributed by atoms with Crippen molar-refractivity contribution in [1.29, 1.82) is 0 Å². The van der Waals surface area contributed by atoms with E-state index in [-0.39, 0.29) is 12.5 Å². The molecule has 1 aromatic rings. The summed E-state index contributed by atoms with van der Waals surface area (Å²) in [5.74, 6) is -0.198. The van der Waals surface area contributed by atoms with Crippen LogP contribution in [0.15, 0.2) is 0 Å². The minimum absolute atomic E-state index is 0.0502. The normalized spacial score (nSPS) is 10.7. The van der Waals surface area contributed by atoms with Gasteiger partial charge in [0.15, 0.2) is 0 Å². The van der Waals surface area contributed by atoms with Crippen LogP contribution in [-0.2, 0) is 11.2 Å². The van der Waals surface area contributed by atoms with Crippen molar-refractivity contribution in [2.45, 2.75) is 32.7 Å². The number of ether oxygens (including phenoxy) is 1. The summed E-state index contributed by atoms with van der Waals surface area (Å²) in [6.07, 6.45) is 0.415. The number of aliphatic carboxylic acids is 1. The molecule has 1 rings (SSSR count). The fourth-order valence-corrected chi connectivity index (χ4v) is 1.35. The van der Waals surface area contributed by atoms with Crippen molar-refractivity contribution < 1.29 is 14.6 Å². The minimum atomic E-state index is -0.840. The van der Waals surface area contributed by atoms with E-state index in [0.717, 1.165) is 0 Å². The van der Waals surface area contributed by atoms with Crippen molar-refractivity contribution >= 4 is 5.97 Å². The Morgan fingerprint density at radius 1 is 1.53 bits per heavy atom. The second kappa shape index (κ2) is 4.77. The van der Waals surface area contributed by atoms with E-state index in [1.54, 1.807) is 4.57 Å². The topological polar surface area (TPSA) is 77.2 Å². The lowest BCUT2D eigenvalue weighted by Gasteiger charge is -2.11. The fraction of sp³-hybridized carbons (Fsp3) is 0.667. The number of hydrogen-bond donors (Lipinski definition) is 1. The van der Waals surface area contributed by atoms with Crippen LogP contribution in [0.4, 0.5) is 0 Å². The number of methoxy groups -OCH3 is 1. The molecule has 0 saturated heterocycles.